The van der Waals surface area contributed by atoms with E-state index in [1.54, 1.807) is 17.6 Å². The molecule has 2 aromatic carbocycles. The number of rotatable bonds is 4. The van der Waals surface area contributed by atoms with E-state index in [0.717, 1.165) is 11.3 Å². The van der Waals surface area contributed by atoms with Crippen LogP contribution in [0.25, 0.3) is 16.6 Å². The summed E-state index contributed by atoms with van der Waals surface area (Å²) in [6, 6.07) is 15.2. The van der Waals surface area contributed by atoms with E-state index in [4.69, 9.17) is 9.51 Å². The van der Waals surface area contributed by atoms with Crippen molar-refractivity contribution in [2.75, 3.05) is 0 Å². The Morgan fingerprint density at radius 2 is 1.78 bits per heavy atom. The summed E-state index contributed by atoms with van der Waals surface area (Å²) >= 11 is 1.42. The molecule has 0 N–H and O–H groups in total. The van der Waals surface area contributed by atoms with Crippen LogP contribution in [0.3, 0.4) is 0 Å². The first-order chi connectivity index (χ1) is 13.0. The van der Waals surface area contributed by atoms with E-state index < -0.39 is 0 Å². The van der Waals surface area contributed by atoms with E-state index in [-0.39, 0.29) is 10.8 Å². The molecule has 2 heterocycles. The molecular formula is C20H18N4O2S. The van der Waals surface area contributed by atoms with E-state index in [0.29, 0.717) is 27.8 Å². The third-order valence-corrected chi connectivity index (χ3v) is 5.25. The molecule has 0 bridgehead atoms. The second-order valence-electron chi connectivity index (χ2n) is 6.33. The fourth-order valence-corrected chi connectivity index (χ4v) is 3.76. The van der Waals surface area contributed by atoms with Crippen LogP contribution in [0.5, 0.6) is 0 Å². The van der Waals surface area contributed by atoms with Crippen molar-refractivity contribution in [3.8, 4) is 5.69 Å². The zero-order valence-corrected chi connectivity index (χ0v) is 16.0. The van der Waals surface area contributed by atoms with Gasteiger partial charge in [0.15, 0.2) is 11.0 Å². The molecule has 6 nitrogen and oxygen atoms in total. The number of aromatic nitrogens is 4. The Labute approximate surface area is 160 Å². The first kappa shape index (κ1) is 17.5. The second-order valence-corrected chi connectivity index (χ2v) is 7.64. The van der Waals surface area contributed by atoms with Gasteiger partial charge < -0.3 is 4.52 Å². The lowest BCUT2D eigenvalue weighted by atomic mass is 10.2. The highest BCUT2D eigenvalue weighted by atomic mass is 32.2. The van der Waals surface area contributed by atoms with E-state index in [9.17, 15) is 4.79 Å². The highest BCUT2D eigenvalue weighted by Crippen LogP contribution is 2.34. The third kappa shape index (κ3) is 3.38. The minimum Gasteiger partial charge on any atom is -0.338 e. The number of benzene rings is 2. The standard InChI is InChI=1S/C20H18N4O2S/c1-12-8-10-15(11-9-12)24-19(25)16-6-4-5-7-17(16)22-20(24)27-13(2)18-21-14(3)23-26-18/h4-11,13H,1-3H3. The predicted molar refractivity (Wildman–Crippen MR) is 105 cm³/mol. The molecule has 0 aliphatic heterocycles. The Hall–Kier alpha value is -2.93. The minimum atomic E-state index is -0.143. The van der Waals surface area contributed by atoms with Crippen LogP contribution < -0.4 is 5.56 Å². The number of para-hydroxylation sites is 1. The van der Waals surface area contributed by atoms with Gasteiger partial charge in [0, 0.05) is 0 Å². The first-order valence-electron chi connectivity index (χ1n) is 8.58. The van der Waals surface area contributed by atoms with Crippen molar-refractivity contribution in [2.45, 2.75) is 31.2 Å². The van der Waals surface area contributed by atoms with Gasteiger partial charge >= 0.3 is 0 Å². The molecule has 0 amide bonds. The molecule has 4 rings (SSSR count). The maximum Gasteiger partial charge on any atom is 0.266 e. The molecule has 0 aliphatic rings. The Bertz CT molecular complexity index is 1160. The maximum atomic E-state index is 13.2. The van der Waals surface area contributed by atoms with Crippen LogP contribution in [0.4, 0.5) is 0 Å². The quantitative estimate of drug-likeness (QED) is 0.391. The topological polar surface area (TPSA) is 73.8 Å². The van der Waals surface area contributed by atoms with E-state index in [1.807, 2.05) is 56.3 Å². The highest BCUT2D eigenvalue weighted by molar-refractivity contribution is 7.99. The Balaban J connectivity index is 1.88. The van der Waals surface area contributed by atoms with Crippen molar-refractivity contribution >= 4 is 22.7 Å². The van der Waals surface area contributed by atoms with Crippen molar-refractivity contribution in [2.24, 2.45) is 0 Å². The number of thioether (sulfide) groups is 1. The Morgan fingerprint density at radius 3 is 2.48 bits per heavy atom. The molecule has 1 atom stereocenters. The van der Waals surface area contributed by atoms with Gasteiger partial charge in [-0.2, -0.15) is 4.98 Å². The lowest BCUT2D eigenvalue weighted by Gasteiger charge is -2.15. The Morgan fingerprint density at radius 1 is 1.04 bits per heavy atom. The van der Waals surface area contributed by atoms with Crippen LogP contribution in [0, 0.1) is 13.8 Å². The van der Waals surface area contributed by atoms with Crippen LogP contribution >= 0.6 is 11.8 Å². The van der Waals surface area contributed by atoms with Crippen LogP contribution in [0.1, 0.15) is 29.5 Å². The van der Waals surface area contributed by atoms with Crippen molar-refractivity contribution in [1.82, 2.24) is 19.7 Å². The van der Waals surface area contributed by atoms with Gasteiger partial charge in [0.2, 0.25) is 5.89 Å². The molecule has 2 aromatic heterocycles. The van der Waals surface area contributed by atoms with Gasteiger partial charge in [0.1, 0.15) is 0 Å². The van der Waals surface area contributed by atoms with Gasteiger partial charge in [0.25, 0.3) is 5.56 Å². The summed E-state index contributed by atoms with van der Waals surface area (Å²) in [5.41, 5.74) is 2.48. The van der Waals surface area contributed by atoms with Crippen molar-refractivity contribution < 1.29 is 4.52 Å². The fraction of sp³-hybridized carbons (Fsp3) is 0.200. The summed E-state index contributed by atoms with van der Waals surface area (Å²) in [5, 5.41) is 4.88. The molecule has 0 saturated carbocycles. The molecular weight excluding hydrogens is 360 g/mol. The summed E-state index contributed by atoms with van der Waals surface area (Å²) in [6.45, 7) is 5.75. The third-order valence-electron chi connectivity index (χ3n) is 4.21. The molecule has 136 valence electrons. The van der Waals surface area contributed by atoms with Crippen molar-refractivity contribution in [1.29, 1.82) is 0 Å². The predicted octanol–water partition coefficient (Wildman–Crippen LogP) is 4.24. The zero-order chi connectivity index (χ0) is 19.0. The Kier molecular flexibility index (Phi) is 4.53. The summed E-state index contributed by atoms with van der Waals surface area (Å²) in [6.07, 6.45) is 0. The summed E-state index contributed by atoms with van der Waals surface area (Å²) in [7, 11) is 0. The van der Waals surface area contributed by atoms with Crippen LogP contribution in [-0.2, 0) is 0 Å². The highest BCUT2D eigenvalue weighted by Gasteiger charge is 2.20. The second kappa shape index (κ2) is 7.00. The normalized spacial score (nSPS) is 12.4. The van der Waals surface area contributed by atoms with Crippen LogP contribution in [0.2, 0.25) is 0 Å². The molecule has 4 aromatic rings. The molecule has 0 saturated heterocycles. The van der Waals surface area contributed by atoms with Gasteiger partial charge in [0.05, 0.1) is 21.8 Å². The van der Waals surface area contributed by atoms with Crippen LogP contribution in [-0.4, -0.2) is 19.7 Å². The first-order valence-corrected chi connectivity index (χ1v) is 9.46. The molecule has 0 radical (unpaired) electrons. The van der Waals surface area contributed by atoms with Crippen molar-refractivity contribution in [3.05, 3.63) is 76.2 Å². The number of hydrogen-bond donors (Lipinski definition) is 0. The summed E-state index contributed by atoms with van der Waals surface area (Å²) < 4.78 is 6.93. The van der Waals surface area contributed by atoms with E-state index in [2.05, 4.69) is 10.1 Å². The number of nitrogens with zero attached hydrogens (tertiary/aromatic N) is 4. The van der Waals surface area contributed by atoms with Gasteiger partial charge in [-0.3, -0.25) is 9.36 Å². The summed E-state index contributed by atoms with van der Waals surface area (Å²) in [4.78, 5) is 22.2. The molecule has 0 spiro atoms. The molecule has 1 unspecified atom stereocenters. The van der Waals surface area contributed by atoms with E-state index >= 15 is 0 Å². The number of hydrogen-bond acceptors (Lipinski definition) is 6. The summed E-state index contributed by atoms with van der Waals surface area (Å²) in [5.74, 6) is 1.09. The average Bonchev–Trinajstić information content (AvgIpc) is 3.10. The fourth-order valence-electron chi connectivity index (χ4n) is 2.80. The van der Waals surface area contributed by atoms with Gasteiger partial charge in [-0.25, -0.2) is 4.98 Å². The lowest BCUT2D eigenvalue weighted by molar-refractivity contribution is 0.376. The number of fused-ring (bicyclic) bond motifs is 1. The lowest BCUT2D eigenvalue weighted by Crippen LogP contribution is -2.22. The minimum absolute atomic E-state index is 0.0964. The largest absolute Gasteiger partial charge is 0.338 e. The van der Waals surface area contributed by atoms with Gasteiger partial charge in [-0.15, -0.1) is 0 Å². The molecule has 0 fully saturated rings. The SMILES string of the molecule is Cc1ccc(-n2c(SC(C)c3nc(C)no3)nc3ccccc3c2=O)cc1. The van der Waals surface area contributed by atoms with E-state index in [1.165, 1.54) is 11.8 Å². The van der Waals surface area contributed by atoms with Gasteiger partial charge in [-0.05, 0) is 45.0 Å². The molecule has 0 aliphatic carbocycles. The van der Waals surface area contributed by atoms with Crippen LogP contribution in [0.15, 0.2) is 63.0 Å². The zero-order valence-electron chi connectivity index (χ0n) is 15.2. The monoisotopic (exact) mass is 378 g/mol. The average molecular weight is 378 g/mol. The van der Waals surface area contributed by atoms with Crippen molar-refractivity contribution in [3.63, 3.8) is 0 Å². The van der Waals surface area contributed by atoms with Gasteiger partial charge in [-0.1, -0.05) is 46.7 Å². The maximum absolute atomic E-state index is 13.2. The molecule has 27 heavy (non-hydrogen) atoms. The number of aryl methyl sites for hydroxylation is 2. The smallest absolute Gasteiger partial charge is 0.266 e. The molecule has 7 heteroatoms.